The molecule has 2 heterocycles. The first-order valence-corrected chi connectivity index (χ1v) is 10.2. The molecule has 4 aromatic rings. The summed E-state index contributed by atoms with van der Waals surface area (Å²) in [7, 11) is 0. The number of anilines is 1. The van der Waals surface area contributed by atoms with Gasteiger partial charge < -0.3 is 5.32 Å². The molecule has 0 unspecified atom stereocenters. The van der Waals surface area contributed by atoms with Gasteiger partial charge in [0.05, 0.1) is 16.0 Å². The molecule has 0 saturated carbocycles. The summed E-state index contributed by atoms with van der Waals surface area (Å²) in [5.41, 5.74) is 2.34. The van der Waals surface area contributed by atoms with E-state index in [0.717, 1.165) is 15.2 Å². The third-order valence-electron chi connectivity index (χ3n) is 4.06. The molecule has 0 bridgehead atoms. The molecular formula is C19H16N4O2S2. The van der Waals surface area contributed by atoms with Gasteiger partial charge in [-0.25, -0.2) is 0 Å². The molecule has 8 heteroatoms. The second-order valence-corrected chi connectivity index (χ2v) is 7.81. The van der Waals surface area contributed by atoms with Crippen LogP contribution < -0.4 is 5.32 Å². The lowest BCUT2D eigenvalue weighted by atomic mass is 10.1. The molecule has 27 heavy (non-hydrogen) atoms. The summed E-state index contributed by atoms with van der Waals surface area (Å²) in [6.07, 6.45) is 0.418. The fraction of sp³-hybridized carbons (Fsp3) is 0.158. The summed E-state index contributed by atoms with van der Waals surface area (Å²) in [5.74, 6) is 0.221. The van der Waals surface area contributed by atoms with Gasteiger partial charge in [-0.1, -0.05) is 42.2 Å². The number of thiazole rings is 1. The van der Waals surface area contributed by atoms with Crippen molar-refractivity contribution < 1.29 is 9.59 Å². The monoisotopic (exact) mass is 396 g/mol. The molecule has 0 aliphatic rings. The van der Waals surface area contributed by atoms with E-state index in [9.17, 15) is 9.59 Å². The Kier molecular flexibility index (Phi) is 4.91. The third-order valence-corrected chi connectivity index (χ3v) is 6.00. The zero-order valence-electron chi connectivity index (χ0n) is 14.5. The Bertz CT molecular complexity index is 1130. The normalized spacial score (nSPS) is 11.1. The van der Waals surface area contributed by atoms with E-state index in [1.54, 1.807) is 42.5 Å². The summed E-state index contributed by atoms with van der Waals surface area (Å²) >= 11 is 2.95. The maximum Gasteiger partial charge on any atom is 0.224 e. The molecule has 1 amide bonds. The Balaban J connectivity index is 1.48. The van der Waals surface area contributed by atoms with E-state index < -0.39 is 0 Å². The van der Waals surface area contributed by atoms with E-state index in [4.69, 9.17) is 0 Å². The molecule has 4 rings (SSSR count). The van der Waals surface area contributed by atoms with Crippen molar-refractivity contribution in [2.45, 2.75) is 18.5 Å². The highest BCUT2D eigenvalue weighted by Gasteiger charge is 2.15. The average molecular weight is 396 g/mol. The fourth-order valence-corrected chi connectivity index (χ4v) is 4.51. The topological polar surface area (TPSA) is 76.4 Å². The molecule has 0 aliphatic carbocycles. The number of carbonyl (C=O) groups is 2. The second kappa shape index (κ2) is 7.50. The van der Waals surface area contributed by atoms with Crippen LogP contribution in [0.5, 0.6) is 0 Å². The summed E-state index contributed by atoms with van der Waals surface area (Å²) in [6, 6.07) is 15.0. The predicted octanol–water partition coefficient (Wildman–Crippen LogP) is 4.27. The van der Waals surface area contributed by atoms with Gasteiger partial charge in [-0.05, 0) is 36.4 Å². The molecule has 2 aromatic heterocycles. The number of thioether (sulfide) groups is 1. The minimum atomic E-state index is -0.0524. The van der Waals surface area contributed by atoms with Crippen LogP contribution >= 0.6 is 23.1 Å². The van der Waals surface area contributed by atoms with E-state index >= 15 is 0 Å². The number of amides is 1. The number of rotatable bonds is 6. The number of hydrogen-bond acceptors (Lipinski definition) is 6. The number of nitrogens with one attached hydrogen (secondary N) is 1. The van der Waals surface area contributed by atoms with Gasteiger partial charge in [0.25, 0.3) is 0 Å². The van der Waals surface area contributed by atoms with Gasteiger partial charge in [-0.3, -0.25) is 14.0 Å². The van der Waals surface area contributed by atoms with Crippen molar-refractivity contribution in [1.82, 2.24) is 14.6 Å². The first-order chi connectivity index (χ1) is 13.2. The number of Topliss-reactive ketones (excluding diaryl/α,β-unsaturated/α-hetero) is 1. The molecule has 6 nitrogen and oxygen atoms in total. The van der Waals surface area contributed by atoms with Crippen LogP contribution in [0.15, 0.2) is 53.7 Å². The number of para-hydroxylation sites is 1. The molecule has 0 radical (unpaired) electrons. The van der Waals surface area contributed by atoms with Gasteiger partial charge in [0, 0.05) is 17.7 Å². The molecule has 2 aromatic carbocycles. The minimum Gasteiger partial charge on any atom is -0.326 e. The van der Waals surface area contributed by atoms with Crippen LogP contribution in [0.25, 0.3) is 15.2 Å². The van der Waals surface area contributed by atoms with Crippen molar-refractivity contribution >= 4 is 55.7 Å². The maximum atomic E-state index is 12.5. The quantitative estimate of drug-likeness (QED) is 0.389. The number of benzene rings is 2. The summed E-state index contributed by atoms with van der Waals surface area (Å²) in [6.45, 7) is 1.79. The smallest absolute Gasteiger partial charge is 0.224 e. The molecule has 0 saturated heterocycles. The number of nitrogens with zero attached hydrogens (tertiary/aromatic N) is 3. The van der Waals surface area contributed by atoms with Gasteiger partial charge >= 0.3 is 0 Å². The third kappa shape index (κ3) is 3.58. The largest absolute Gasteiger partial charge is 0.326 e. The van der Waals surface area contributed by atoms with Gasteiger partial charge in [0.2, 0.25) is 10.9 Å². The lowest BCUT2D eigenvalue weighted by molar-refractivity contribution is -0.115. The van der Waals surface area contributed by atoms with Crippen molar-refractivity contribution in [2.75, 3.05) is 11.1 Å². The molecule has 0 spiro atoms. The summed E-state index contributed by atoms with van der Waals surface area (Å²) < 4.78 is 3.13. The van der Waals surface area contributed by atoms with E-state index in [1.807, 2.05) is 28.7 Å². The van der Waals surface area contributed by atoms with Crippen molar-refractivity contribution in [3.05, 3.63) is 54.1 Å². The maximum absolute atomic E-state index is 12.5. The van der Waals surface area contributed by atoms with Crippen molar-refractivity contribution in [3.63, 3.8) is 0 Å². The van der Waals surface area contributed by atoms with Crippen LogP contribution in [0.4, 0.5) is 5.69 Å². The van der Waals surface area contributed by atoms with Gasteiger partial charge in [-0.2, -0.15) is 0 Å². The second-order valence-electron chi connectivity index (χ2n) is 5.86. The van der Waals surface area contributed by atoms with Crippen LogP contribution in [0.2, 0.25) is 0 Å². The van der Waals surface area contributed by atoms with E-state index in [1.165, 1.54) is 11.8 Å². The van der Waals surface area contributed by atoms with Crippen LogP contribution in [0.1, 0.15) is 23.7 Å². The highest BCUT2D eigenvalue weighted by atomic mass is 32.2. The zero-order chi connectivity index (χ0) is 18.8. The Hall–Kier alpha value is -2.71. The first-order valence-electron chi connectivity index (χ1n) is 8.44. The van der Waals surface area contributed by atoms with E-state index in [-0.39, 0.29) is 17.4 Å². The molecule has 0 fully saturated rings. The molecule has 136 valence electrons. The number of fused-ring (bicyclic) bond motifs is 3. The Morgan fingerprint density at radius 2 is 1.89 bits per heavy atom. The molecular weight excluding hydrogens is 380 g/mol. The zero-order valence-corrected chi connectivity index (χ0v) is 16.1. The number of hydrogen-bond donors (Lipinski definition) is 1. The van der Waals surface area contributed by atoms with Crippen molar-refractivity contribution in [2.24, 2.45) is 0 Å². The van der Waals surface area contributed by atoms with Crippen LogP contribution in [-0.4, -0.2) is 32.0 Å². The SMILES string of the molecule is CCC(=O)Nc1ccc(C(=O)CSc2nnc3sc4ccccc4n23)cc1. The highest BCUT2D eigenvalue weighted by Crippen LogP contribution is 2.29. The number of aromatic nitrogens is 3. The highest BCUT2D eigenvalue weighted by molar-refractivity contribution is 7.99. The Morgan fingerprint density at radius 1 is 1.11 bits per heavy atom. The molecule has 0 atom stereocenters. The van der Waals surface area contributed by atoms with Crippen molar-refractivity contribution in [3.8, 4) is 0 Å². The predicted molar refractivity (Wildman–Crippen MR) is 109 cm³/mol. The van der Waals surface area contributed by atoms with Crippen molar-refractivity contribution in [1.29, 1.82) is 0 Å². The van der Waals surface area contributed by atoms with Crippen LogP contribution in [-0.2, 0) is 4.79 Å². The van der Waals surface area contributed by atoms with Gasteiger partial charge in [0.1, 0.15) is 0 Å². The molecule has 0 aliphatic heterocycles. The summed E-state index contributed by atoms with van der Waals surface area (Å²) in [5, 5.41) is 11.9. The first kappa shape index (κ1) is 17.7. The minimum absolute atomic E-state index is 0.00431. The standard InChI is InChI=1S/C19H16N4O2S2/c1-2-17(25)20-13-9-7-12(8-10-13)15(24)11-26-18-21-22-19-23(18)14-5-3-4-6-16(14)27-19/h3-10H,2,11H2,1H3,(H,20,25). The number of ketones is 1. The fourth-order valence-electron chi connectivity index (χ4n) is 2.65. The molecule has 1 N–H and O–H groups in total. The summed E-state index contributed by atoms with van der Waals surface area (Å²) in [4.78, 5) is 24.7. The average Bonchev–Trinajstić information content (AvgIpc) is 3.26. The Morgan fingerprint density at radius 3 is 2.67 bits per heavy atom. The van der Waals surface area contributed by atoms with Crippen LogP contribution in [0.3, 0.4) is 0 Å². The van der Waals surface area contributed by atoms with Gasteiger partial charge in [-0.15, -0.1) is 10.2 Å². The lowest BCUT2D eigenvalue weighted by Crippen LogP contribution is -2.09. The van der Waals surface area contributed by atoms with Gasteiger partial charge in [0.15, 0.2) is 10.9 Å². The van der Waals surface area contributed by atoms with Crippen LogP contribution in [0, 0.1) is 0 Å². The number of carbonyl (C=O) groups excluding carboxylic acids is 2. The lowest BCUT2D eigenvalue weighted by Gasteiger charge is -2.05. The van der Waals surface area contributed by atoms with E-state index in [2.05, 4.69) is 15.5 Å². The Labute approximate surface area is 163 Å². The van der Waals surface area contributed by atoms with E-state index in [0.29, 0.717) is 22.8 Å².